The van der Waals surface area contributed by atoms with Crippen LogP contribution in [0.15, 0.2) is 30.9 Å². The molecule has 2 aliphatic heterocycles. The van der Waals surface area contributed by atoms with E-state index in [1.165, 1.54) is 6.42 Å². The van der Waals surface area contributed by atoms with Crippen molar-refractivity contribution in [3.8, 4) is 11.4 Å². The van der Waals surface area contributed by atoms with Crippen LogP contribution in [0.3, 0.4) is 0 Å². The van der Waals surface area contributed by atoms with Crippen LogP contribution in [0.25, 0.3) is 11.4 Å². The number of carbonyl (C=O) groups excluding carboxylic acids is 1. The molecule has 5 heterocycles. The first-order valence-corrected chi connectivity index (χ1v) is 16.0. The van der Waals surface area contributed by atoms with Crippen LogP contribution in [-0.4, -0.2) is 85.3 Å². The number of hydrogen-bond donors (Lipinski definition) is 0. The molecule has 1 unspecified atom stereocenters. The largest absolute Gasteiger partial charge is 0.444 e. The van der Waals surface area contributed by atoms with E-state index in [4.69, 9.17) is 9.72 Å². The fraction of sp³-hybridized carbons (Fsp3) is 0.625. The van der Waals surface area contributed by atoms with Crippen molar-refractivity contribution < 1.29 is 13.9 Å². The molecule has 44 heavy (non-hydrogen) atoms. The highest BCUT2D eigenvalue weighted by molar-refractivity contribution is 5.69. The van der Waals surface area contributed by atoms with Crippen molar-refractivity contribution in [1.29, 1.82) is 0 Å². The monoisotopic (exact) mass is 605 g/mol. The summed E-state index contributed by atoms with van der Waals surface area (Å²) in [7, 11) is 0. The average molecular weight is 606 g/mol. The molecule has 0 N–H and O–H groups in total. The molecule has 2 saturated heterocycles. The third kappa shape index (κ3) is 6.78. The summed E-state index contributed by atoms with van der Waals surface area (Å²) < 4.78 is 23.0. The molecule has 0 bridgehead atoms. The summed E-state index contributed by atoms with van der Waals surface area (Å²) in [5.41, 5.74) is 1.66. The number of aromatic nitrogens is 6. The lowest BCUT2D eigenvalue weighted by atomic mass is 9.84. The Hall–Kier alpha value is -3.83. The summed E-state index contributed by atoms with van der Waals surface area (Å²) >= 11 is 0. The zero-order chi connectivity index (χ0) is 30.8. The first-order chi connectivity index (χ1) is 21.1. The maximum absolute atomic E-state index is 15.6. The van der Waals surface area contributed by atoms with Crippen molar-refractivity contribution >= 4 is 17.6 Å². The molecule has 3 aromatic heterocycles. The number of anilines is 2. The maximum atomic E-state index is 15.6. The van der Waals surface area contributed by atoms with E-state index in [-0.39, 0.29) is 17.8 Å². The van der Waals surface area contributed by atoms with Crippen molar-refractivity contribution in [1.82, 2.24) is 34.8 Å². The second-order valence-corrected chi connectivity index (χ2v) is 13.4. The molecule has 0 aromatic carbocycles. The van der Waals surface area contributed by atoms with Crippen molar-refractivity contribution in [2.24, 2.45) is 5.92 Å². The van der Waals surface area contributed by atoms with Gasteiger partial charge < -0.3 is 19.4 Å². The van der Waals surface area contributed by atoms with E-state index in [1.807, 2.05) is 32.6 Å². The van der Waals surface area contributed by atoms with Crippen LogP contribution in [0.5, 0.6) is 0 Å². The van der Waals surface area contributed by atoms with Crippen LogP contribution in [0, 0.1) is 11.7 Å². The van der Waals surface area contributed by atoms with E-state index in [1.54, 1.807) is 35.5 Å². The molecule has 0 radical (unpaired) electrons. The molecule has 2 atom stereocenters. The summed E-state index contributed by atoms with van der Waals surface area (Å²) in [6.07, 6.45) is 14.3. The van der Waals surface area contributed by atoms with Gasteiger partial charge in [-0.3, -0.25) is 9.97 Å². The van der Waals surface area contributed by atoms with E-state index in [9.17, 15) is 4.79 Å². The molecule has 3 fully saturated rings. The highest BCUT2D eigenvalue weighted by Gasteiger charge is 2.35. The van der Waals surface area contributed by atoms with Gasteiger partial charge in [0.1, 0.15) is 34.3 Å². The van der Waals surface area contributed by atoms with Gasteiger partial charge in [0.2, 0.25) is 0 Å². The molecular weight excluding hydrogens is 561 g/mol. The third-order valence-corrected chi connectivity index (χ3v) is 8.98. The Morgan fingerprint density at radius 2 is 1.82 bits per heavy atom. The zero-order valence-corrected chi connectivity index (χ0v) is 26.3. The van der Waals surface area contributed by atoms with E-state index >= 15 is 4.39 Å². The third-order valence-electron chi connectivity index (χ3n) is 8.98. The average Bonchev–Trinajstić information content (AvgIpc) is 3.69. The van der Waals surface area contributed by atoms with Gasteiger partial charge in [0, 0.05) is 38.8 Å². The number of amides is 1. The number of pyridine rings is 1. The second kappa shape index (κ2) is 12.6. The molecule has 3 aliphatic rings. The Morgan fingerprint density at radius 3 is 2.52 bits per heavy atom. The van der Waals surface area contributed by atoms with E-state index in [0.717, 1.165) is 64.0 Å². The number of halogens is 1. The molecule has 1 saturated carbocycles. The van der Waals surface area contributed by atoms with E-state index in [0.29, 0.717) is 36.1 Å². The standard InChI is InChI=1S/C32H44FN9O2/c1-22(42-21-28(37-38-42)27-17-34-18-29(36-27)39-12-5-6-13-39)30-26(33)15-25(16-35-30)40-14-8-11-24(20-40)41(19-23-9-7-10-23)31(43)44-32(2,3)4/h15-18,21-24H,5-14,19-20H2,1-4H3/t22?,24-/m1/s1. The predicted molar refractivity (Wildman–Crippen MR) is 166 cm³/mol. The van der Waals surface area contributed by atoms with Crippen LogP contribution in [-0.2, 0) is 4.74 Å². The lowest BCUT2D eigenvalue weighted by Crippen LogP contribution is -2.53. The summed E-state index contributed by atoms with van der Waals surface area (Å²) in [5, 5.41) is 8.58. The molecule has 12 heteroatoms. The topological polar surface area (TPSA) is 105 Å². The minimum Gasteiger partial charge on any atom is -0.444 e. The van der Waals surface area contributed by atoms with Crippen molar-refractivity contribution in [3.63, 3.8) is 0 Å². The minimum atomic E-state index is -0.557. The van der Waals surface area contributed by atoms with Gasteiger partial charge in [-0.25, -0.2) is 18.9 Å². The van der Waals surface area contributed by atoms with Crippen LogP contribution in [0.1, 0.15) is 84.4 Å². The Labute approximate surface area is 258 Å². The second-order valence-electron chi connectivity index (χ2n) is 13.4. The number of piperidine rings is 1. The lowest BCUT2D eigenvalue weighted by molar-refractivity contribution is 0.00735. The number of ether oxygens (including phenoxy) is 1. The van der Waals surface area contributed by atoms with Crippen LogP contribution in [0.4, 0.5) is 20.7 Å². The maximum Gasteiger partial charge on any atom is 0.410 e. The Kier molecular flexibility index (Phi) is 8.68. The molecule has 0 spiro atoms. The summed E-state index contributed by atoms with van der Waals surface area (Å²) in [4.78, 5) is 33.2. The lowest BCUT2D eigenvalue weighted by Gasteiger charge is -2.43. The first kappa shape index (κ1) is 30.2. The molecule has 11 nitrogen and oxygen atoms in total. The van der Waals surface area contributed by atoms with Gasteiger partial charge in [0.25, 0.3) is 0 Å². The van der Waals surface area contributed by atoms with Gasteiger partial charge in [0.15, 0.2) is 0 Å². The summed E-state index contributed by atoms with van der Waals surface area (Å²) in [6, 6.07) is 1.08. The number of rotatable bonds is 8. The fourth-order valence-electron chi connectivity index (χ4n) is 6.30. The normalized spacial score (nSPS) is 20.0. The van der Waals surface area contributed by atoms with Crippen LogP contribution < -0.4 is 9.80 Å². The first-order valence-electron chi connectivity index (χ1n) is 16.0. The molecule has 1 aliphatic carbocycles. The quantitative estimate of drug-likeness (QED) is 0.330. The van der Waals surface area contributed by atoms with Crippen molar-refractivity contribution in [3.05, 3.63) is 42.4 Å². The van der Waals surface area contributed by atoms with Gasteiger partial charge in [-0.1, -0.05) is 11.6 Å². The van der Waals surface area contributed by atoms with Crippen molar-refractivity contribution in [2.75, 3.05) is 42.5 Å². The summed E-state index contributed by atoms with van der Waals surface area (Å²) in [5.74, 6) is 0.961. The smallest absolute Gasteiger partial charge is 0.410 e. The number of nitrogens with zero attached hydrogens (tertiary/aromatic N) is 9. The van der Waals surface area contributed by atoms with Gasteiger partial charge >= 0.3 is 6.09 Å². The van der Waals surface area contributed by atoms with E-state index < -0.39 is 17.5 Å². The fourth-order valence-corrected chi connectivity index (χ4v) is 6.30. The Bertz CT molecular complexity index is 1450. The minimum absolute atomic E-state index is 0.00139. The molecule has 3 aromatic rings. The SMILES string of the molecule is CC(c1ncc(N2CCC[C@@H](N(CC3CCC3)C(=O)OC(C)(C)C)C2)cc1F)n1cc(-c2cncc(N3CCCC3)n2)nn1. The molecular formula is C32H44FN9O2. The molecule has 1 amide bonds. The molecule has 6 rings (SSSR count). The van der Waals surface area contributed by atoms with Crippen LogP contribution in [0.2, 0.25) is 0 Å². The number of hydrogen-bond acceptors (Lipinski definition) is 9. The Morgan fingerprint density at radius 1 is 1.05 bits per heavy atom. The van der Waals surface area contributed by atoms with Gasteiger partial charge in [-0.2, -0.15) is 0 Å². The molecule has 236 valence electrons. The van der Waals surface area contributed by atoms with Crippen molar-refractivity contribution in [2.45, 2.75) is 90.3 Å². The zero-order valence-electron chi connectivity index (χ0n) is 26.3. The van der Waals surface area contributed by atoms with Gasteiger partial charge in [0.05, 0.1) is 42.6 Å². The van der Waals surface area contributed by atoms with Gasteiger partial charge in [-0.15, -0.1) is 5.10 Å². The number of carbonyl (C=O) groups is 1. The highest BCUT2D eigenvalue weighted by atomic mass is 19.1. The van der Waals surface area contributed by atoms with Gasteiger partial charge in [-0.05, 0) is 72.1 Å². The summed E-state index contributed by atoms with van der Waals surface area (Å²) in [6.45, 7) is 11.6. The van der Waals surface area contributed by atoms with Crippen LogP contribution >= 0.6 is 0 Å². The Balaban J connectivity index is 1.15. The van der Waals surface area contributed by atoms with E-state index in [2.05, 4.69) is 30.1 Å². The highest BCUT2D eigenvalue weighted by Crippen LogP contribution is 2.32. The predicted octanol–water partition coefficient (Wildman–Crippen LogP) is 5.48.